The number of hydrogen-bond acceptors (Lipinski definition) is 3. The highest BCUT2D eigenvalue weighted by Gasteiger charge is 2.31. The summed E-state index contributed by atoms with van der Waals surface area (Å²) >= 11 is 0. The first-order valence-corrected chi connectivity index (χ1v) is 12.4. The zero-order valence-electron chi connectivity index (χ0n) is 20.1. The van der Waals surface area contributed by atoms with E-state index in [2.05, 4.69) is 21.7 Å². The Labute approximate surface area is 201 Å². The van der Waals surface area contributed by atoms with E-state index in [0.29, 0.717) is 19.0 Å². The van der Waals surface area contributed by atoms with Gasteiger partial charge in [-0.05, 0) is 48.6 Å². The van der Waals surface area contributed by atoms with Crippen LogP contribution in [0.1, 0.15) is 49.2 Å². The van der Waals surface area contributed by atoms with Gasteiger partial charge in [0.1, 0.15) is 5.82 Å². The molecule has 1 amide bonds. The van der Waals surface area contributed by atoms with Gasteiger partial charge in [-0.2, -0.15) is 5.10 Å². The van der Waals surface area contributed by atoms with Gasteiger partial charge < -0.3 is 4.90 Å². The van der Waals surface area contributed by atoms with Gasteiger partial charge in [-0.15, -0.1) is 0 Å². The lowest BCUT2D eigenvalue weighted by Gasteiger charge is -2.29. The monoisotopic (exact) mass is 460 g/mol. The molecule has 2 aromatic carbocycles. The van der Waals surface area contributed by atoms with E-state index in [9.17, 15) is 9.18 Å². The maximum absolute atomic E-state index is 13.7. The molecule has 34 heavy (non-hydrogen) atoms. The maximum Gasteiger partial charge on any atom is 0.225 e. The number of nitrogens with zero attached hydrogens (tertiary/aromatic N) is 4. The summed E-state index contributed by atoms with van der Waals surface area (Å²) in [6.07, 6.45) is 3.28. The molecule has 1 fully saturated rings. The molecule has 2 aliphatic rings. The summed E-state index contributed by atoms with van der Waals surface area (Å²) in [7, 11) is 0. The topological polar surface area (TPSA) is 41.4 Å². The van der Waals surface area contributed by atoms with Crippen LogP contribution in [0.15, 0.2) is 54.6 Å². The van der Waals surface area contributed by atoms with Gasteiger partial charge in [-0.25, -0.2) is 9.07 Å². The van der Waals surface area contributed by atoms with Gasteiger partial charge in [0.05, 0.1) is 23.6 Å². The third-order valence-electron chi connectivity index (χ3n) is 6.84. The summed E-state index contributed by atoms with van der Waals surface area (Å²) in [4.78, 5) is 17.4. The fourth-order valence-electron chi connectivity index (χ4n) is 4.87. The molecule has 0 bridgehead atoms. The fourth-order valence-corrected chi connectivity index (χ4v) is 4.87. The minimum atomic E-state index is -0.198. The first-order chi connectivity index (χ1) is 16.5. The largest absolute Gasteiger partial charge is 0.336 e. The van der Waals surface area contributed by atoms with Crippen LogP contribution in [-0.4, -0.2) is 38.6 Å². The molecule has 0 saturated heterocycles. The summed E-state index contributed by atoms with van der Waals surface area (Å²) < 4.78 is 15.8. The number of benzene rings is 2. The zero-order chi connectivity index (χ0) is 23.7. The van der Waals surface area contributed by atoms with Gasteiger partial charge in [0.25, 0.3) is 0 Å². The second kappa shape index (κ2) is 9.71. The standard InChI is InChI=1S/C28H33FN4O/c1-20(2)28(34)32(17-21-11-12-21)19-26-25-18-31(16-22-7-6-8-23(29)15-22)14-13-27(25)33(30-26)24-9-4-3-5-10-24/h3-10,15,20-21H,11-14,16-19H2,1-2H3. The second-order valence-corrected chi connectivity index (χ2v) is 10.0. The van der Waals surface area contributed by atoms with Crippen molar-refractivity contribution in [2.45, 2.75) is 52.7 Å². The van der Waals surface area contributed by atoms with Gasteiger partial charge in [-0.3, -0.25) is 9.69 Å². The van der Waals surface area contributed by atoms with Crippen molar-refractivity contribution in [1.82, 2.24) is 19.6 Å². The number of hydrogen-bond donors (Lipinski definition) is 0. The molecule has 0 spiro atoms. The van der Waals surface area contributed by atoms with Crippen LogP contribution in [-0.2, 0) is 30.8 Å². The van der Waals surface area contributed by atoms with Crippen LogP contribution in [0.25, 0.3) is 5.69 Å². The van der Waals surface area contributed by atoms with Crippen LogP contribution in [0.3, 0.4) is 0 Å². The third-order valence-corrected chi connectivity index (χ3v) is 6.84. The minimum absolute atomic E-state index is 0.0322. The predicted molar refractivity (Wildman–Crippen MR) is 131 cm³/mol. The number of aromatic nitrogens is 2. The summed E-state index contributed by atoms with van der Waals surface area (Å²) in [5, 5.41) is 5.06. The third kappa shape index (κ3) is 5.07. The van der Waals surface area contributed by atoms with E-state index in [4.69, 9.17) is 5.10 Å². The lowest BCUT2D eigenvalue weighted by molar-refractivity contribution is -0.135. The van der Waals surface area contributed by atoms with Crippen molar-refractivity contribution in [2.75, 3.05) is 13.1 Å². The van der Waals surface area contributed by atoms with Crippen LogP contribution in [0, 0.1) is 17.7 Å². The van der Waals surface area contributed by atoms with Gasteiger partial charge in [0.2, 0.25) is 5.91 Å². The molecule has 178 valence electrons. The Kier molecular flexibility index (Phi) is 6.50. The van der Waals surface area contributed by atoms with Crippen LogP contribution in [0.5, 0.6) is 0 Å². The summed E-state index contributed by atoms with van der Waals surface area (Å²) in [6, 6.07) is 17.1. The van der Waals surface area contributed by atoms with Gasteiger partial charge in [-0.1, -0.05) is 44.2 Å². The molecule has 3 aromatic rings. The lowest BCUT2D eigenvalue weighted by atomic mass is 10.0. The number of carbonyl (C=O) groups is 1. The van der Waals surface area contributed by atoms with E-state index in [1.807, 2.05) is 43.0 Å². The number of halogens is 1. The number of carbonyl (C=O) groups excluding carboxylic acids is 1. The molecule has 0 unspecified atom stereocenters. The van der Waals surface area contributed by atoms with Crippen molar-refractivity contribution >= 4 is 5.91 Å². The zero-order valence-corrected chi connectivity index (χ0v) is 20.1. The molecule has 1 aliphatic heterocycles. The normalized spacial score (nSPS) is 16.0. The number of fused-ring (bicyclic) bond motifs is 1. The highest BCUT2D eigenvalue weighted by molar-refractivity contribution is 5.78. The number of rotatable bonds is 8. The Bertz CT molecular complexity index is 1150. The van der Waals surface area contributed by atoms with Crippen LogP contribution >= 0.6 is 0 Å². The van der Waals surface area contributed by atoms with E-state index in [1.54, 1.807) is 12.1 Å². The Balaban J connectivity index is 1.46. The Morgan fingerprint density at radius 3 is 2.65 bits per heavy atom. The van der Waals surface area contributed by atoms with Crippen LogP contribution < -0.4 is 0 Å². The van der Waals surface area contributed by atoms with E-state index < -0.39 is 0 Å². The molecule has 5 nitrogen and oxygen atoms in total. The molecule has 2 heterocycles. The molecule has 1 saturated carbocycles. The number of amides is 1. The van der Waals surface area contributed by atoms with E-state index in [1.165, 1.54) is 30.2 Å². The van der Waals surface area contributed by atoms with Crippen molar-refractivity contribution in [1.29, 1.82) is 0 Å². The first-order valence-electron chi connectivity index (χ1n) is 12.4. The molecule has 0 atom stereocenters. The fraction of sp³-hybridized carbons (Fsp3) is 0.429. The Morgan fingerprint density at radius 1 is 1.15 bits per heavy atom. The average molecular weight is 461 g/mol. The molecular formula is C28H33FN4O. The van der Waals surface area contributed by atoms with Crippen molar-refractivity contribution in [3.05, 3.63) is 82.9 Å². The molecule has 6 heteroatoms. The predicted octanol–water partition coefficient (Wildman–Crippen LogP) is 4.96. The molecule has 1 aromatic heterocycles. The second-order valence-electron chi connectivity index (χ2n) is 10.0. The SMILES string of the molecule is CC(C)C(=O)N(Cc1nn(-c2ccccc2)c2c1CN(Cc1cccc(F)c1)CC2)CC1CC1. The van der Waals surface area contributed by atoms with E-state index in [-0.39, 0.29) is 17.6 Å². The molecule has 0 radical (unpaired) electrons. The Hall–Kier alpha value is -2.99. The lowest BCUT2D eigenvalue weighted by Crippen LogP contribution is -2.36. The summed E-state index contributed by atoms with van der Waals surface area (Å²) in [5.74, 6) is 0.590. The molecule has 1 aliphatic carbocycles. The first kappa shape index (κ1) is 22.8. The van der Waals surface area contributed by atoms with Crippen molar-refractivity contribution in [2.24, 2.45) is 11.8 Å². The minimum Gasteiger partial charge on any atom is -0.336 e. The van der Waals surface area contributed by atoms with Gasteiger partial charge in [0.15, 0.2) is 0 Å². The van der Waals surface area contributed by atoms with E-state index >= 15 is 0 Å². The van der Waals surface area contributed by atoms with Crippen molar-refractivity contribution < 1.29 is 9.18 Å². The van der Waals surface area contributed by atoms with Crippen molar-refractivity contribution in [3.8, 4) is 5.69 Å². The van der Waals surface area contributed by atoms with Crippen LogP contribution in [0.2, 0.25) is 0 Å². The van der Waals surface area contributed by atoms with Crippen molar-refractivity contribution in [3.63, 3.8) is 0 Å². The van der Waals surface area contributed by atoms with E-state index in [0.717, 1.165) is 43.0 Å². The maximum atomic E-state index is 13.7. The highest BCUT2D eigenvalue weighted by Crippen LogP contribution is 2.32. The molecular weight excluding hydrogens is 427 g/mol. The van der Waals surface area contributed by atoms with Crippen LogP contribution in [0.4, 0.5) is 4.39 Å². The molecule has 5 rings (SSSR count). The van der Waals surface area contributed by atoms with Gasteiger partial charge >= 0.3 is 0 Å². The number of para-hydroxylation sites is 1. The highest BCUT2D eigenvalue weighted by atomic mass is 19.1. The average Bonchev–Trinajstić information content (AvgIpc) is 3.58. The summed E-state index contributed by atoms with van der Waals surface area (Å²) in [5.41, 5.74) is 5.44. The molecule has 0 N–H and O–H groups in total. The van der Waals surface area contributed by atoms with Gasteiger partial charge in [0, 0.05) is 44.1 Å². The quantitative estimate of drug-likeness (QED) is 0.477. The smallest absolute Gasteiger partial charge is 0.225 e. The summed E-state index contributed by atoms with van der Waals surface area (Å²) in [6.45, 7) is 7.64. The Morgan fingerprint density at radius 2 is 1.94 bits per heavy atom.